The largest absolute Gasteiger partial charge is 0.381 e. The van der Waals surface area contributed by atoms with Crippen molar-refractivity contribution in [3.63, 3.8) is 0 Å². The number of hydrogen-bond donors (Lipinski definition) is 0. The van der Waals surface area contributed by atoms with E-state index in [4.69, 9.17) is 15.9 Å². The molecule has 0 aromatic heterocycles. The first-order valence-electron chi connectivity index (χ1n) is 4.18. The summed E-state index contributed by atoms with van der Waals surface area (Å²) in [5.41, 5.74) is 0. The van der Waals surface area contributed by atoms with E-state index in [1.165, 1.54) is 0 Å². The van der Waals surface area contributed by atoms with E-state index in [9.17, 15) is 0 Å². The molecule has 0 aromatic rings. The molecule has 0 N–H and O–H groups in total. The second-order valence-electron chi connectivity index (χ2n) is 3.01. The lowest BCUT2D eigenvalue weighted by Gasteiger charge is -2.15. The molecular weight excluding hydrogens is 170 g/mol. The molecule has 1 aliphatic heterocycles. The summed E-state index contributed by atoms with van der Waals surface area (Å²) in [6.45, 7) is 0.391. The van der Waals surface area contributed by atoms with Crippen molar-refractivity contribution < 1.29 is 9.47 Å². The van der Waals surface area contributed by atoms with Gasteiger partial charge in [-0.05, 0) is 12.6 Å². The molecule has 1 fully saturated rings. The maximum atomic E-state index is 5.61. The molecule has 0 radical (unpaired) electrons. The molecule has 1 heterocycles. The molecule has 1 rings (SSSR count). The minimum atomic E-state index is 0.188. The monoisotopic (exact) mass is 184 g/mol. The van der Waals surface area contributed by atoms with Crippen LogP contribution in [0.5, 0.6) is 0 Å². The van der Waals surface area contributed by atoms with Crippen LogP contribution in [0.15, 0.2) is 0 Å². The van der Waals surface area contributed by atoms with E-state index in [2.05, 4.69) is 23.0 Å². The van der Waals surface area contributed by atoms with Gasteiger partial charge >= 0.3 is 0 Å². The Balaban J connectivity index is 2.36. The lowest BCUT2D eigenvalue weighted by molar-refractivity contribution is 0.0117. The topological polar surface area (TPSA) is 18.5 Å². The summed E-state index contributed by atoms with van der Waals surface area (Å²) in [6.07, 6.45) is 7.38. The summed E-state index contributed by atoms with van der Waals surface area (Å²) in [7, 11) is 4.73. The van der Waals surface area contributed by atoms with Gasteiger partial charge < -0.3 is 9.47 Å². The van der Waals surface area contributed by atoms with Gasteiger partial charge in [0.15, 0.2) is 0 Å². The smallest absolute Gasteiger partial charge is 0.139 e. The quantitative estimate of drug-likeness (QED) is 0.338. The minimum absolute atomic E-state index is 0.188. The van der Waals surface area contributed by atoms with Crippen LogP contribution in [0.2, 0.25) is 0 Å². The van der Waals surface area contributed by atoms with Crippen LogP contribution in [0.4, 0.5) is 0 Å². The van der Waals surface area contributed by atoms with E-state index in [1.54, 1.807) is 0 Å². The lowest BCUT2D eigenvalue weighted by Crippen LogP contribution is -2.25. The first-order valence-corrected chi connectivity index (χ1v) is 5.00. The van der Waals surface area contributed by atoms with Crippen LogP contribution in [0.25, 0.3) is 0 Å². The van der Waals surface area contributed by atoms with Gasteiger partial charge in [0.25, 0.3) is 0 Å². The average molecular weight is 184 g/mol. The molecule has 0 saturated carbocycles. The Morgan fingerprint density at radius 1 is 1.75 bits per heavy atom. The van der Waals surface area contributed by atoms with Gasteiger partial charge in [0.1, 0.15) is 14.5 Å². The molecule has 0 aromatic carbocycles. The summed E-state index contributed by atoms with van der Waals surface area (Å²) in [4.78, 5) is 0. The van der Waals surface area contributed by atoms with E-state index in [0.717, 1.165) is 12.6 Å². The van der Waals surface area contributed by atoms with Crippen molar-refractivity contribution in [2.75, 3.05) is 12.8 Å². The first-order chi connectivity index (χ1) is 5.77. The van der Waals surface area contributed by atoms with Crippen LogP contribution >= 0.6 is 9.24 Å². The van der Waals surface area contributed by atoms with Crippen LogP contribution in [0.3, 0.4) is 0 Å². The number of terminal acetylenes is 1. The third kappa shape index (κ3) is 2.49. The Bertz CT molecular complexity index is 180. The van der Waals surface area contributed by atoms with E-state index in [0.29, 0.717) is 12.6 Å². The summed E-state index contributed by atoms with van der Waals surface area (Å²) in [5.74, 6) is 2.47. The zero-order chi connectivity index (χ0) is 8.97. The molecule has 0 aliphatic carbocycles. The van der Waals surface area contributed by atoms with Crippen molar-refractivity contribution in [2.24, 2.45) is 0 Å². The van der Waals surface area contributed by atoms with Gasteiger partial charge in [-0.25, -0.2) is 0 Å². The normalized spacial score (nSPS) is 34.8. The Labute approximate surface area is 77.0 Å². The van der Waals surface area contributed by atoms with Crippen LogP contribution in [0.1, 0.15) is 6.42 Å². The van der Waals surface area contributed by atoms with E-state index >= 15 is 0 Å². The molecule has 12 heavy (non-hydrogen) atoms. The van der Waals surface area contributed by atoms with Gasteiger partial charge in [0.2, 0.25) is 0 Å². The molecule has 4 unspecified atom stereocenters. The highest BCUT2D eigenvalue weighted by Gasteiger charge is 2.31. The number of ether oxygens (including phenoxy) is 2. The molecular formula is C8H14BO2P. The fourth-order valence-electron chi connectivity index (χ4n) is 1.46. The van der Waals surface area contributed by atoms with Crippen molar-refractivity contribution in [3.8, 4) is 12.3 Å². The molecule has 1 aliphatic rings. The average Bonchev–Trinajstić information content (AvgIpc) is 2.42. The highest BCUT2D eigenvalue weighted by molar-refractivity contribution is 7.16. The van der Waals surface area contributed by atoms with Crippen molar-refractivity contribution in [1.82, 2.24) is 0 Å². The zero-order valence-corrected chi connectivity index (χ0v) is 8.48. The molecule has 4 atom stereocenters. The fourth-order valence-corrected chi connectivity index (χ4v) is 1.87. The Morgan fingerprint density at radius 2 is 2.50 bits per heavy atom. The van der Waals surface area contributed by atoms with Crippen LogP contribution in [0, 0.1) is 12.3 Å². The maximum Gasteiger partial charge on any atom is 0.139 e. The van der Waals surface area contributed by atoms with Gasteiger partial charge in [-0.1, -0.05) is 5.92 Å². The van der Waals surface area contributed by atoms with Crippen LogP contribution in [-0.4, -0.2) is 38.8 Å². The molecule has 0 bridgehead atoms. The van der Waals surface area contributed by atoms with E-state index < -0.39 is 0 Å². The molecule has 2 nitrogen and oxygen atoms in total. The Morgan fingerprint density at radius 3 is 3.08 bits per heavy atom. The van der Waals surface area contributed by atoms with Crippen molar-refractivity contribution in [2.45, 2.75) is 24.6 Å². The highest BCUT2D eigenvalue weighted by atomic mass is 31.0. The van der Waals surface area contributed by atoms with Crippen LogP contribution < -0.4 is 0 Å². The zero-order valence-electron chi connectivity index (χ0n) is 7.32. The van der Waals surface area contributed by atoms with E-state index in [1.807, 2.05) is 0 Å². The van der Waals surface area contributed by atoms with Crippen molar-refractivity contribution in [1.29, 1.82) is 0 Å². The fraction of sp³-hybridized carbons (Fsp3) is 0.750. The predicted octanol–water partition coefficient (Wildman–Crippen LogP) is -0.372. The van der Waals surface area contributed by atoms with Crippen LogP contribution in [-0.2, 0) is 9.47 Å². The Hall–Kier alpha value is -0.0251. The van der Waals surface area contributed by atoms with Crippen molar-refractivity contribution >= 4 is 17.1 Å². The van der Waals surface area contributed by atoms with Crippen molar-refractivity contribution in [3.05, 3.63) is 0 Å². The summed E-state index contributed by atoms with van der Waals surface area (Å²) in [5, 5.41) is 0. The third-order valence-corrected chi connectivity index (χ3v) is 2.46. The second kappa shape index (κ2) is 4.87. The minimum Gasteiger partial charge on any atom is -0.381 e. The maximum absolute atomic E-state index is 5.61. The molecule has 0 spiro atoms. The van der Waals surface area contributed by atoms with Gasteiger partial charge in [0.05, 0.1) is 12.2 Å². The van der Waals surface area contributed by atoms with Gasteiger partial charge in [-0.3, -0.25) is 0 Å². The highest BCUT2D eigenvalue weighted by Crippen LogP contribution is 2.22. The molecule has 66 valence electrons. The number of rotatable bonds is 3. The lowest BCUT2D eigenvalue weighted by atomic mass is 9.96. The molecule has 1 saturated heterocycles. The van der Waals surface area contributed by atoms with Gasteiger partial charge in [-0.2, -0.15) is 0 Å². The molecule has 4 heteroatoms. The predicted molar refractivity (Wildman–Crippen MR) is 55.0 cm³/mol. The van der Waals surface area contributed by atoms with Gasteiger partial charge in [0, 0.05) is 6.00 Å². The Kier molecular flexibility index (Phi) is 4.08. The standard InChI is InChI=1S/C8H14BO2P/c1-2-3-10-6-4-8(9)11-7(6)5-12/h1,6-8H,3-5,9,12H2. The molecule has 0 amide bonds. The first kappa shape index (κ1) is 10.1. The summed E-state index contributed by atoms with van der Waals surface area (Å²) < 4.78 is 11.1. The summed E-state index contributed by atoms with van der Waals surface area (Å²) in [6, 6.07) is 0.304. The number of hydrogen-bond acceptors (Lipinski definition) is 2. The summed E-state index contributed by atoms with van der Waals surface area (Å²) >= 11 is 0. The van der Waals surface area contributed by atoms with Gasteiger partial charge in [-0.15, -0.1) is 15.7 Å². The SMILES string of the molecule is BC1CC(OCC#C)C(CP)O1. The van der Waals surface area contributed by atoms with E-state index in [-0.39, 0.29) is 12.2 Å². The third-order valence-electron chi connectivity index (χ3n) is 2.00. The second-order valence-corrected chi connectivity index (χ2v) is 3.48.